The predicted octanol–water partition coefficient (Wildman–Crippen LogP) is 4.02. The quantitative estimate of drug-likeness (QED) is 0.558. The predicted molar refractivity (Wildman–Crippen MR) is 113 cm³/mol. The van der Waals surface area contributed by atoms with E-state index in [0.717, 1.165) is 11.8 Å². The Morgan fingerprint density at radius 3 is 2.23 bits per heavy atom. The third-order valence-electron chi connectivity index (χ3n) is 6.58. The van der Waals surface area contributed by atoms with Crippen LogP contribution in [0.15, 0.2) is 54.6 Å². The molecule has 2 aromatic carbocycles. The lowest BCUT2D eigenvalue weighted by atomic mass is 9.84. The number of ether oxygens (including phenoxy) is 1. The van der Waals surface area contributed by atoms with Gasteiger partial charge in [-0.2, -0.15) is 0 Å². The van der Waals surface area contributed by atoms with E-state index in [1.54, 1.807) is 36.4 Å². The van der Waals surface area contributed by atoms with E-state index in [1.807, 2.05) is 25.1 Å². The maximum Gasteiger partial charge on any atom is 0.338 e. The number of carbonyl (C=O) groups excluding carboxylic acids is 3. The molecule has 0 aromatic heterocycles. The van der Waals surface area contributed by atoms with E-state index in [9.17, 15) is 14.4 Å². The standard InChI is InChI=1S/C25H27NO4/c1-16(22-14-17-7-8-21(22)13-17)26-23(27)15-30-25(29)20-11-9-19(10-12-20)24(28)18-5-3-2-4-6-18/h2-6,9-12,16-17,21-22H,7-8,13-15H2,1H3,(H,26,27). The molecule has 4 unspecified atom stereocenters. The minimum Gasteiger partial charge on any atom is -0.452 e. The van der Waals surface area contributed by atoms with Crippen LogP contribution in [0.25, 0.3) is 0 Å². The van der Waals surface area contributed by atoms with E-state index in [2.05, 4.69) is 5.32 Å². The SMILES string of the molecule is CC(NC(=O)COC(=O)c1ccc(C(=O)c2ccccc2)cc1)C1CC2CCC1C2. The molecule has 2 aliphatic carbocycles. The molecule has 4 rings (SSSR count). The van der Waals surface area contributed by atoms with Crippen molar-refractivity contribution in [1.82, 2.24) is 5.32 Å². The molecule has 156 valence electrons. The first-order valence-corrected chi connectivity index (χ1v) is 10.7. The van der Waals surface area contributed by atoms with Crippen molar-refractivity contribution in [3.05, 3.63) is 71.3 Å². The van der Waals surface area contributed by atoms with Crippen molar-refractivity contribution in [2.24, 2.45) is 17.8 Å². The Labute approximate surface area is 176 Å². The number of fused-ring (bicyclic) bond motifs is 2. The average molecular weight is 405 g/mol. The second kappa shape index (κ2) is 8.82. The number of rotatable bonds is 7. The van der Waals surface area contributed by atoms with Gasteiger partial charge in [0.2, 0.25) is 0 Å². The summed E-state index contributed by atoms with van der Waals surface area (Å²) in [5, 5.41) is 2.99. The fourth-order valence-corrected chi connectivity index (χ4v) is 5.04. The third kappa shape index (κ3) is 4.45. The van der Waals surface area contributed by atoms with Crippen molar-refractivity contribution in [2.75, 3.05) is 6.61 Å². The smallest absolute Gasteiger partial charge is 0.338 e. The number of amides is 1. The van der Waals surface area contributed by atoms with E-state index < -0.39 is 5.97 Å². The van der Waals surface area contributed by atoms with Crippen LogP contribution in [0.5, 0.6) is 0 Å². The number of ketones is 1. The summed E-state index contributed by atoms with van der Waals surface area (Å²) in [5.74, 6) is 1.15. The Balaban J connectivity index is 1.26. The maximum absolute atomic E-state index is 12.4. The van der Waals surface area contributed by atoms with Crippen molar-refractivity contribution < 1.29 is 19.1 Å². The molecule has 4 atom stereocenters. The molecule has 2 saturated carbocycles. The molecular formula is C25H27NO4. The summed E-state index contributed by atoms with van der Waals surface area (Å²) in [7, 11) is 0. The largest absolute Gasteiger partial charge is 0.452 e. The fraction of sp³-hybridized carbons (Fsp3) is 0.400. The first-order chi connectivity index (χ1) is 14.5. The van der Waals surface area contributed by atoms with Crippen LogP contribution in [-0.4, -0.2) is 30.3 Å². The summed E-state index contributed by atoms with van der Waals surface area (Å²) in [6.45, 7) is 1.75. The van der Waals surface area contributed by atoms with Gasteiger partial charge in [-0.15, -0.1) is 0 Å². The van der Waals surface area contributed by atoms with Crippen LogP contribution in [0.3, 0.4) is 0 Å². The second-order valence-electron chi connectivity index (χ2n) is 8.54. The van der Waals surface area contributed by atoms with Crippen molar-refractivity contribution >= 4 is 17.7 Å². The Kier molecular flexibility index (Phi) is 5.98. The summed E-state index contributed by atoms with van der Waals surface area (Å²) < 4.78 is 5.16. The van der Waals surface area contributed by atoms with Gasteiger partial charge in [0.05, 0.1) is 5.56 Å². The lowest BCUT2D eigenvalue weighted by Crippen LogP contribution is -2.42. The van der Waals surface area contributed by atoms with Gasteiger partial charge in [0.1, 0.15) is 0 Å². The first kappa shape index (κ1) is 20.3. The van der Waals surface area contributed by atoms with Crippen LogP contribution < -0.4 is 5.32 Å². The summed E-state index contributed by atoms with van der Waals surface area (Å²) in [4.78, 5) is 36.9. The highest BCUT2D eigenvalue weighted by Gasteiger charge is 2.42. The van der Waals surface area contributed by atoms with Gasteiger partial charge < -0.3 is 10.1 Å². The van der Waals surface area contributed by atoms with Gasteiger partial charge in [0.25, 0.3) is 5.91 Å². The van der Waals surface area contributed by atoms with Gasteiger partial charge in [0.15, 0.2) is 12.4 Å². The van der Waals surface area contributed by atoms with Crippen LogP contribution in [0.2, 0.25) is 0 Å². The lowest BCUT2D eigenvalue weighted by molar-refractivity contribution is -0.125. The second-order valence-corrected chi connectivity index (χ2v) is 8.54. The van der Waals surface area contributed by atoms with Gasteiger partial charge >= 0.3 is 5.97 Å². The van der Waals surface area contributed by atoms with Gasteiger partial charge in [-0.25, -0.2) is 4.79 Å². The molecule has 5 nitrogen and oxygen atoms in total. The van der Waals surface area contributed by atoms with Crippen molar-refractivity contribution in [3.8, 4) is 0 Å². The van der Waals surface area contributed by atoms with Crippen LogP contribution in [-0.2, 0) is 9.53 Å². The van der Waals surface area contributed by atoms with E-state index in [4.69, 9.17) is 4.74 Å². The Morgan fingerprint density at radius 1 is 0.933 bits per heavy atom. The molecule has 2 aliphatic rings. The van der Waals surface area contributed by atoms with Gasteiger partial charge in [-0.05, 0) is 56.1 Å². The molecule has 0 aliphatic heterocycles. The Morgan fingerprint density at radius 2 is 1.60 bits per heavy atom. The van der Waals surface area contributed by atoms with Crippen molar-refractivity contribution in [1.29, 1.82) is 0 Å². The Bertz CT molecular complexity index is 922. The fourth-order valence-electron chi connectivity index (χ4n) is 5.04. The number of esters is 1. The molecule has 2 aromatic rings. The molecular weight excluding hydrogens is 378 g/mol. The van der Waals surface area contributed by atoms with Gasteiger partial charge in [-0.1, -0.05) is 48.9 Å². The van der Waals surface area contributed by atoms with Crippen molar-refractivity contribution in [2.45, 2.75) is 38.6 Å². The molecule has 30 heavy (non-hydrogen) atoms. The lowest BCUT2D eigenvalue weighted by Gasteiger charge is -2.28. The van der Waals surface area contributed by atoms with Crippen LogP contribution in [0.1, 0.15) is 58.9 Å². The number of hydrogen-bond donors (Lipinski definition) is 1. The summed E-state index contributed by atoms with van der Waals surface area (Å²) in [6.07, 6.45) is 5.09. The molecule has 0 heterocycles. The minimum absolute atomic E-state index is 0.106. The molecule has 2 fully saturated rings. The zero-order chi connectivity index (χ0) is 21.1. The van der Waals surface area contributed by atoms with E-state index in [-0.39, 0.29) is 24.3 Å². The van der Waals surface area contributed by atoms with Gasteiger partial charge in [0, 0.05) is 17.2 Å². The maximum atomic E-state index is 12.4. The topological polar surface area (TPSA) is 72.5 Å². The normalized spacial score (nSPS) is 23.0. The zero-order valence-electron chi connectivity index (χ0n) is 17.2. The van der Waals surface area contributed by atoms with E-state index >= 15 is 0 Å². The average Bonchev–Trinajstić information content (AvgIpc) is 3.41. The van der Waals surface area contributed by atoms with E-state index in [0.29, 0.717) is 22.6 Å². The zero-order valence-corrected chi connectivity index (χ0v) is 17.2. The van der Waals surface area contributed by atoms with Crippen molar-refractivity contribution in [3.63, 3.8) is 0 Å². The molecule has 1 N–H and O–H groups in total. The molecule has 5 heteroatoms. The highest BCUT2D eigenvalue weighted by Crippen LogP contribution is 2.49. The van der Waals surface area contributed by atoms with Gasteiger partial charge in [-0.3, -0.25) is 9.59 Å². The highest BCUT2D eigenvalue weighted by atomic mass is 16.5. The number of carbonyl (C=O) groups is 3. The summed E-state index contributed by atoms with van der Waals surface area (Å²) >= 11 is 0. The molecule has 0 spiro atoms. The number of hydrogen-bond acceptors (Lipinski definition) is 4. The summed E-state index contributed by atoms with van der Waals surface area (Å²) in [5.41, 5.74) is 1.40. The first-order valence-electron chi connectivity index (χ1n) is 10.7. The molecule has 2 bridgehead atoms. The van der Waals surface area contributed by atoms with E-state index in [1.165, 1.54) is 25.7 Å². The molecule has 0 saturated heterocycles. The highest BCUT2D eigenvalue weighted by molar-refractivity contribution is 6.09. The molecule has 0 radical (unpaired) electrons. The third-order valence-corrected chi connectivity index (χ3v) is 6.58. The number of benzene rings is 2. The van der Waals surface area contributed by atoms with Crippen LogP contribution >= 0.6 is 0 Å². The number of nitrogens with one attached hydrogen (secondary N) is 1. The van der Waals surface area contributed by atoms with Crippen LogP contribution in [0, 0.1) is 17.8 Å². The van der Waals surface area contributed by atoms with Crippen LogP contribution in [0.4, 0.5) is 0 Å². The monoisotopic (exact) mass is 405 g/mol. The minimum atomic E-state index is -0.573. The summed E-state index contributed by atoms with van der Waals surface area (Å²) in [6, 6.07) is 15.4. The Hall–Kier alpha value is -2.95. The molecule has 1 amide bonds.